The molecule has 1 N–H and O–H groups in total. The highest BCUT2D eigenvalue weighted by Crippen LogP contribution is 2.10. The van der Waals surface area contributed by atoms with Gasteiger partial charge in [-0.05, 0) is 25.9 Å². The molecule has 1 aliphatic heterocycles. The van der Waals surface area contributed by atoms with Crippen molar-refractivity contribution < 1.29 is 4.79 Å². The molecule has 1 aromatic heterocycles. The molecule has 0 saturated carbocycles. The number of Topliss-reactive ketones (excluding diaryl/α,β-unsaturated/α-hetero) is 1. The zero-order valence-corrected chi connectivity index (χ0v) is 9.07. The number of aryl methyl sites for hydroxylation is 1. The molecule has 15 heavy (non-hydrogen) atoms. The van der Waals surface area contributed by atoms with E-state index in [1.54, 1.807) is 6.20 Å². The third kappa shape index (κ3) is 2.45. The lowest BCUT2D eigenvalue weighted by atomic mass is 9.95. The highest BCUT2D eigenvalue weighted by atomic mass is 16.1. The molecule has 2 heterocycles. The van der Waals surface area contributed by atoms with Crippen molar-refractivity contribution in [1.82, 2.24) is 14.9 Å². The normalized spacial score (nSPS) is 16.3. The fourth-order valence-electron chi connectivity index (χ4n) is 1.86. The van der Waals surface area contributed by atoms with Gasteiger partial charge in [0.2, 0.25) is 0 Å². The van der Waals surface area contributed by atoms with Gasteiger partial charge in [0.15, 0.2) is 0 Å². The largest absolute Gasteiger partial charge is 0.335 e. The monoisotopic (exact) mass is 207 g/mol. The molecule has 1 aromatic rings. The summed E-state index contributed by atoms with van der Waals surface area (Å²) in [6, 6.07) is 0. The molecule has 2 rings (SSSR count). The Balaban J connectivity index is 1.87. The first-order valence-corrected chi connectivity index (χ1v) is 5.52. The topological polar surface area (TPSA) is 46.9 Å². The molecule has 0 unspecified atom stereocenters. The van der Waals surface area contributed by atoms with Crippen LogP contribution in [0, 0.1) is 5.92 Å². The third-order valence-corrected chi connectivity index (χ3v) is 2.88. The van der Waals surface area contributed by atoms with Crippen LogP contribution in [0.3, 0.4) is 0 Å². The van der Waals surface area contributed by atoms with Crippen molar-refractivity contribution in [3.63, 3.8) is 0 Å². The molecule has 1 saturated heterocycles. The van der Waals surface area contributed by atoms with Crippen LogP contribution >= 0.6 is 0 Å². The van der Waals surface area contributed by atoms with Crippen LogP contribution in [0.15, 0.2) is 12.4 Å². The minimum atomic E-state index is 0.308. The van der Waals surface area contributed by atoms with Gasteiger partial charge in [0.1, 0.15) is 11.6 Å². The van der Waals surface area contributed by atoms with Gasteiger partial charge in [-0.15, -0.1) is 0 Å². The summed E-state index contributed by atoms with van der Waals surface area (Å²) in [5, 5.41) is 3.17. The first-order chi connectivity index (χ1) is 7.29. The summed E-state index contributed by atoms with van der Waals surface area (Å²) in [6.07, 6.45) is 4.87. The van der Waals surface area contributed by atoms with Crippen LogP contribution in [0.1, 0.15) is 19.2 Å². The van der Waals surface area contributed by atoms with Crippen LogP contribution in [0.4, 0.5) is 0 Å². The second-order valence-electron chi connectivity index (χ2n) is 4.07. The number of nitrogens with one attached hydrogen (secondary N) is 1. The van der Waals surface area contributed by atoms with Crippen molar-refractivity contribution in [2.45, 2.75) is 26.3 Å². The summed E-state index contributed by atoms with van der Waals surface area (Å²) >= 11 is 0. The first-order valence-electron chi connectivity index (χ1n) is 5.52. The summed E-state index contributed by atoms with van der Waals surface area (Å²) in [7, 11) is 0. The highest BCUT2D eigenvalue weighted by molar-refractivity contribution is 5.80. The molecule has 0 aromatic carbocycles. The Morgan fingerprint density at radius 3 is 3.07 bits per heavy atom. The summed E-state index contributed by atoms with van der Waals surface area (Å²) in [4.78, 5) is 15.9. The van der Waals surface area contributed by atoms with Crippen LogP contribution in [0.5, 0.6) is 0 Å². The van der Waals surface area contributed by atoms with Gasteiger partial charge < -0.3 is 9.88 Å². The van der Waals surface area contributed by atoms with E-state index in [2.05, 4.69) is 17.2 Å². The number of ketones is 1. The fraction of sp³-hybridized carbons (Fsp3) is 0.636. The lowest BCUT2D eigenvalue weighted by molar-refractivity contribution is -0.119. The molecular formula is C11H17N3O. The van der Waals surface area contributed by atoms with Gasteiger partial charge in [0.05, 0.1) is 6.42 Å². The van der Waals surface area contributed by atoms with E-state index in [9.17, 15) is 4.79 Å². The molecule has 0 atom stereocenters. The summed E-state index contributed by atoms with van der Waals surface area (Å²) < 4.78 is 2.02. The van der Waals surface area contributed by atoms with Gasteiger partial charge in [0, 0.05) is 25.4 Å². The van der Waals surface area contributed by atoms with E-state index in [1.165, 1.54) is 0 Å². The molecule has 0 bridgehead atoms. The van der Waals surface area contributed by atoms with Crippen LogP contribution in [0.2, 0.25) is 0 Å². The van der Waals surface area contributed by atoms with E-state index in [0.717, 1.165) is 25.5 Å². The van der Waals surface area contributed by atoms with Gasteiger partial charge in [-0.1, -0.05) is 0 Å². The zero-order chi connectivity index (χ0) is 10.7. The molecule has 82 valence electrons. The summed E-state index contributed by atoms with van der Waals surface area (Å²) in [5.41, 5.74) is 0. The molecule has 0 aliphatic carbocycles. The van der Waals surface area contributed by atoms with Crippen molar-refractivity contribution in [3.05, 3.63) is 18.2 Å². The minimum absolute atomic E-state index is 0.308. The SMILES string of the molecule is CCn1ccnc1CC(=O)CC1CNC1. The van der Waals surface area contributed by atoms with Crippen LogP contribution in [-0.2, 0) is 17.8 Å². The second kappa shape index (κ2) is 4.57. The van der Waals surface area contributed by atoms with Crippen molar-refractivity contribution in [1.29, 1.82) is 0 Å². The van der Waals surface area contributed by atoms with E-state index < -0.39 is 0 Å². The first kappa shape index (κ1) is 10.4. The zero-order valence-electron chi connectivity index (χ0n) is 9.07. The quantitative estimate of drug-likeness (QED) is 0.770. The lowest BCUT2D eigenvalue weighted by Gasteiger charge is -2.26. The number of hydrogen-bond acceptors (Lipinski definition) is 3. The van der Waals surface area contributed by atoms with Crippen molar-refractivity contribution in [2.75, 3.05) is 13.1 Å². The van der Waals surface area contributed by atoms with E-state index in [4.69, 9.17) is 0 Å². The smallest absolute Gasteiger partial charge is 0.140 e. The van der Waals surface area contributed by atoms with Gasteiger partial charge in [-0.3, -0.25) is 4.79 Å². The van der Waals surface area contributed by atoms with Crippen molar-refractivity contribution in [3.8, 4) is 0 Å². The van der Waals surface area contributed by atoms with Gasteiger partial charge in [-0.25, -0.2) is 4.98 Å². The van der Waals surface area contributed by atoms with Crippen molar-refractivity contribution in [2.24, 2.45) is 5.92 Å². The highest BCUT2D eigenvalue weighted by Gasteiger charge is 2.20. The maximum Gasteiger partial charge on any atom is 0.140 e. The van der Waals surface area contributed by atoms with E-state index in [0.29, 0.717) is 24.5 Å². The van der Waals surface area contributed by atoms with Crippen LogP contribution < -0.4 is 5.32 Å². The Bertz CT molecular complexity index is 341. The maximum absolute atomic E-state index is 11.7. The predicted molar refractivity (Wildman–Crippen MR) is 57.6 cm³/mol. The fourth-order valence-corrected chi connectivity index (χ4v) is 1.86. The Hall–Kier alpha value is -1.16. The number of carbonyl (C=O) groups is 1. The standard InChI is InChI=1S/C11H17N3O/c1-2-14-4-3-13-11(14)6-10(15)5-9-7-12-8-9/h3-4,9,12H,2,5-8H2,1H3. The average molecular weight is 207 g/mol. The molecular weight excluding hydrogens is 190 g/mol. The van der Waals surface area contributed by atoms with Crippen LogP contribution in [0.25, 0.3) is 0 Å². The number of aromatic nitrogens is 2. The number of imidazole rings is 1. The average Bonchev–Trinajstić information content (AvgIpc) is 2.59. The Kier molecular flexibility index (Phi) is 3.16. The van der Waals surface area contributed by atoms with Crippen molar-refractivity contribution >= 4 is 5.78 Å². The number of rotatable bonds is 5. The van der Waals surface area contributed by atoms with Gasteiger partial charge in [-0.2, -0.15) is 0 Å². The molecule has 0 radical (unpaired) electrons. The van der Waals surface area contributed by atoms with Gasteiger partial charge >= 0.3 is 0 Å². The predicted octanol–water partition coefficient (Wildman–Crippen LogP) is 0.624. The minimum Gasteiger partial charge on any atom is -0.335 e. The molecule has 1 fully saturated rings. The molecule has 4 heteroatoms. The van der Waals surface area contributed by atoms with Crippen LogP contribution in [-0.4, -0.2) is 28.4 Å². The molecule has 1 aliphatic rings. The second-order valence-corrected chi connectivity index (χ2v) is 4.07. The van der Waals surface area contributed by atoms with E-state index in [-0.39, 0.29) is 0 Å². The molecule has 0 amide bonds. The maximum atomic E-state index is 11.7. The third-order valence-electron chi connectivity index (χ3n) is 2.88. The van der Waals surface area contributed by atoms with E-state index >= 15 is 0 Å². The Morgan fingerprint density at radius 2 is 2.47 bits per heavy atom. The number of hydrogen-bond donors (Lipinski definition) is 1. The number of carbonyl (C=O) groups excluding carboxylic acids is 1. The Morgan fingerprint density at radius 1 is 1.67 bits per heavy atom. The number of nitrogens with zero attached hydrogens (tertiary/aromatic N) is 2. The molecule has 0 spiro atoms. The van der Waals surface area contributed by atoms with Gasteiger partial charge in [0.25, 0.3) is 0 Å². The summed E-state index contributed by atoms with van der Waals surface area (Å²) in [5.74, 6) is 1.76. The Labute approximate surface area is 89.7 Å². The van der Waals surface area contributed by atoms with E-state index in [1.807, 2.05) is 10.8 Å². The lowest BCUT2D eigenvalue weighted by Crippen LogP contribution is -2.43. The molecule has 4 nitrogen and oxygen atoms in total. The summed E-state index contributed by atoms with van der Waals surface area (Å²) in [6.45, 7) is 4.93.